The molecule has 0 aromatic heterocycles. The van der Waals surface area contributed by atoms with Gasteiger partial charge in [0.15, 0.2) is 5.78 Å². The molecule has 0 unspecified atom stereocenters. The van der Waals surface area contributed by atoms with Crippen LogP contribution in [0, 0.1) is 5.92 Å². The van der Waals surface area contributed by atoms with Crippen LogP contribution in [-0.2, 0) is 12.8 Å². The third-order valence-electron chi connectivity index (χ3n) is 4.72. The minimum absolute atomic E-state index is 0.152. The van der Waals surface area contributed by atoms with E-state index in [1.165, 1.54) is 17.5 Å². The third-order valence-corrected chi connectivity index (χ3v) is 4.72. The highest BCUT2D eigenvalue weighted by Crippen LogP contribution is 2.24. The number of carbonyl (C=O) groups excluding carboxylic acids is 1. The van der Waals surface area contributed by atoms with Gasteiger partial charge in [0.25, 0.3) is 0 Å². The number of nitrogens with one attached hydrogen (secondary N) is 1. The molecule has 0 spiro atoms. The molecule has 0 saturated heterocycles. The Kier molecular flexibility index (Phi) is 5.60. The van der Waals surface area contributed by atoms with Crippen molar-refractivity contribution in [3.63, 3.8) is 0 Å². The Morgan fingerprint density at radius 1 is 0.957 bits per heavy atom. The van der Waals surface area contributed by atoms with E-state index in [0.717, 1.165) is 44.3 Å². The summed E-state index contributed by atoms with van der Waals surface area (Å²) in [7, 11) is 0. The Balaban J connectivity index is 1.36. The molecular weight excluding hydrogens is 282 g/mol. The molecule has 2 heteroatoms. The first-order chi connectivity index (χ1) is 11.3. The smallest absolute Gasteiger partial charge is 0.167 e. The summed E-state index contributed by atoms with van der Waals surface area (Å²) in [4.78, 5) is 12.5. The van der Waals surface area contributed by atoms with Crippen molar-refractivity contribution in [1.29, 1.82) is 0 Å². The van der Waals surface area contributed by atoms with Crippen molar-refractivity contribution < 1.29 is 4.79 Å². The predicted octanol–water partition coefficient (Wildman–Crippen LogP) is 4.04. The average molecular weight is 307 g/mol. The highest BCUT2D eigenvalue weighted by molar-refractivity contribution is 6.00. The first-order valence-corrected chi connectivity index (χ1v) is 8.71. The maximum absolute atomic E-state index is 12.5. The van der Waals surface area contributed by atoms with Crippen molar-refractivity contribution in [2.24, 2.45) is 5.92 Å². The van der Waals surface area contributed by atoms with Gasteiger partial charge in [0.1, 0.15) is 0 Å². The van der Waals surface area contributed by atoms with E-state index in [0.29, 0.717) is 5.78 Å². The summed E-state index contributed by atoms with van der Waals surface area (Å²) in [6, 6.07) is 18.7. The minimum atomic E-state index is 0.152. The molecule has 0 amide bonds. The average Bonchev–Trinajstić information content (AvgIpc) is 2.61. The molecule has 2 aromatic rings. The molecule has 0 bridgehead atoms. The SMILES string of the molecule is O=C1c2ccccc2CC[C@@H]1CNCCCCc1ccccc1. The molecule has 0 fully saturated rings. The second-order valence-electron chi connectivity index (χ2n) is 6.40. The van der Waals surface area contributed by atoms with E-state index in [1.807, 2.05) is 18.2 Å². The van der Waals surface area contributed by atoms with Crippen LogP contribution in [0.3, 0.4) is 0 Å². The number of carbonyl (C=O) groups is 1. The van der Waals surface area contributed by atoms with Crippen LogP contribution in [-0.4, -0.2) is 18.9 Å². The van der Waals surface area contributed by atoms with Crippen LogP contribution in [0.5, 0.6) is 0 Å². The zero-order valence-electron chi connectivity index (χ0n) is 13.6. The maximum atomic E-state index is 12.5. The molecule has 2 nitrogen and oxygen atoms in total. The van der Waals surface area contributed by atoms with Gasteiger partial charge in [0.2, 0.25) is 0 Å². The van der Waals surface area contributed by atoms with Gasteiger partial charge < -0.3 is 5.32 Å². The Hall–Kier alpha value is -1.93. The number of hydrogen-bond acceptors (Lipinski definition) is 2. The van der Waals surface area contributed by atoms with E-state index in [4.69, 9.17) is 0 Å². The fraction of sp³-hybridized carbons (Fsp3) is 0.381. The fourth-order valence-corrected chi connectivity index (χ4v) is 3.35. The number of fused-ring (bicyclic) bond motifs is 1. The van der Waals surface area contributed by atoms with E-state index < -0.39 is 0 Å². The van der Waals surface area contributed by atoms with Crippen molar-refractivity contribution in [2.45, 2.75) is 32.1 Å². The van der Waals surface area contributed by atoms with Crippen LogP contribution >= 0.6 is 0 Å². The topological polar surface area (TPSA) is 29.1 Å². The van der Waals surface area contributed by atoms with Crippen LogP contribution in [0.25, 0.3) is 0 Å². The Morgan fingerprint density at radius 3 is 2.61 bits per heavy atom. The van der Waals surface area contributed by atoms with Crippen molar-refractivity contribution in [3.05, 3.63) is 71.3 Å². The molecule has 0 radical (unpaired) electrons. The molecule has 1 N–H and O–H groups in total. The first kappa shape index (κ1) is 15.9. The molecule has 2 aromatic carbocycles. The van der Waals surface area contributed by atoms with Gasteiger partial charge in [0.05, 0.1) is 0 Å². The second-order valence-corrected chi connectivity index (χ2v) is 6.40. The van der Waals surface area contributed by atoms with Gasteiger partial charge in [-0.25, -0.2) is 0 Å². The minimum Gasteiger partial charge on any atom is -0.316 e. The number of Topliss-reactive ketones (excluding diaryl/α,β-unsaturated/α-hetero) is 1. The van der Waals surface area contributed by atoms with Crippen LogP contribution in [0.15, 0.2) is 54.6 Å². The van der Waals surface area contributed by atoms with Gasteiger partial charge in [-0.15, -0.1) is 0 Å². The molecule has 3 rings (SSSR count). The fourth-order valence-electron chi connectivity index (χ4n) is 3.35. The van der Waals surface area contributed by atoms with Crippen LogP contribution in [0.1, 0.15) is 40.7 Å². The lowest BCUT2D eigenvalue weighted by atomic mass is 9.83. The van der Waals surface area contributed by atoms with E-state index in [9.17, 15) is 4.79 Å². The second kappa shape index (κ2) is 8.07. The number of rotatable bonds is 7. The first-order valence-electron chi connectivity index (χ1n) is 8.71. The molecule has 0 heterocycles. The van der Waals surface area contributed by atoms with Gasteiger partial charge in [-0.3, -0.25) is 4.79 Å². The molecule has 120 valence electrons. The number of ketones is 1. The van der Waals surface area contributed by atoms with Crippen molar-refractivity contribution in [1.82, 2.24) is 5.32 Å². The van der Waals surface area contributed by atoms with Crippen molar-refractivity contribution in [2.75, 3.05) is 13.1 Å². The standard InChI is InChI=1S/C21H25NO/c23-21-19(14-13-18-11-4-5-12-20(18)21)16-22-15-7-6-10-17-8-2-1-3-9-17/h1-5,8-9,11-12,19,22H,6-7,10,13-16H2/t19-/m1/s1. The number of benzene rings is 2. The quantitative estimate of drug-likeness (QED) is 0.782. The zero-order chi connectivity index (χ0) is 15.9. The summed E-state index contributed by atoms with van der Waals surface area (Å²) >= 11 is 0. The molecule has 1 aliphatic carbocycles. The van der Waals surface area contributed by atoms with E-state index >= 15 is 0 Å². The highest BCUT2D eigenvalue weighted by atomic mass is 16.1. The summed E-state index contributed by atoms with van der Waals surface area (Å²) in [5.41, 5.74) is 3.57. The Bertz CT molecular complexity index is 635. The van der Waals surface area contributed by atoms with Crippen LogP contribution < -0.4 is 5.32 Å². The Labute approximate surface area is 138 Å². The predicted molar refractivity (Wildman–Crippen MR) is 94.8 cm³/mol. The molecular formula is C21H25NO. The summed E-state index contributed by atoms with van der Waals surface area (Å²) < 4.78 is 0. The normalized spacial score (nSPS) is 17.0. The van der Waals surface area contributed by atoms with E-state index in [-0.39, 0.29) is 5.92 Å². The van der Waals surface area contributed by atoms with Crippen molar-refractivity contribution >= 4 is 5.78 Å². The summed E-state index contributed by atoms with van der Waals surface area (Å²) in [6.07, 6.45) is 5.50. The highest BCUT2D eigenvalue weighted by Gasteiger charge is 2.26. The monoisotopic (exact) mass is 307 g/mol. The van der Waals surface area contributed by atoms with Gasteiger partial charge in [-0.05, 0) is 49.8 Å². The summed E-state index contributed by atoms with van der Waals surface area (Å²) in [5, 5.41) is 3.48. The van der Waals surface area contributed by atoms with Crippen LogP contribution in [0.4, 0.5) is 0 Å². The van der Waals surface area contributed by atoms with Crippen molar-refractivity contribution in [3.8, 4) is 0 Å². The lowest BCUT2D eigenvalue weighted by Crippen LogP contribution is -2.32. The van der Waals surface area contributed by atoms with Crippen LogP contribution in [0.2, 0.25) is 0 Å². The van der Waals surface area contributed by atoms with Gasteiger partial charge in [-0.1, -0.05) is 54.6 Å². The van der Waals surface area contributed by atoms with Gasteiger partial charge >= 0.3 is 0 Å². The Morgan fingerprint density at radius 2 is 1.74 bits per heavy atom. The molecule has 0 aliphatic heterocycles. The van der Waals surface area contributed by atoms with E-state index in [1.54, 1.807) is 0 Å². The lowest BCUT2D eigenvalue weighted by molar-refractivity contribution is 0.0901. The molecule has 0 saturated carbocycles. The lowest BCUT2D eigenvalue weighted by Gasteiger charge is -2.23. The molecule has 23 heavy (non-hydrogen) atoms. The molecule has 1 atom stereocenters. The van der Waals surface area contributed by atoms with E-state index in [2.05, 4.69) is 41.7 Å². The maximum Gasteiger partial charge on any atom is 0.167 e. The van der Waals surface area contributed by atoms with Gasteiger partial charge in [0, 0.05) is 18.0 Å². The molecule has 1 aliphatic rings. The zero-order valence-corrected chi connectivity index (χ0v) is 13.6. The number of hydrogen-bond donors (Lipinski definition) is 1. The summed E-state index contributed by atoms with van der Waals surface area (Å²) in [6.45, 7) is 1.82. The number of aryl methyl sites for hydroxylation is 2. The number of unbranched alkanes of at least 4 members (excludes halogenated alkanes) is 1. The summed E-state index contributed by atoms with van der Waals surface area (Å²) in [5.74, 6) is 0.475. The third kappa shape index (κ3) is 4.29. The largest absolute Gasteiger partial charge is 0.316 e. The van der Waals surface area contributed by atoms with Gasteiger partial charge in [-0.2, -0.15) is 0 Å².